The van der Waals surface area contributed by atoms with Gasteiger partial charge in [-0.2, -0.15) is 0 Å². The Morgan fingerprint density at radius 2 is 2.27 bits per heavy atom. The molecule has 0 spiro atoms. The Kier molecular flexibility index (Phi) is 4.32. The van der Waals surface area contributed by atoms with Gasteiger partial charge in [-0.1, -0.05) is 0 Å². The second-order valence-electron chi connectivity index (χ2n) is 2.36. The van der Waals surface area contributed by atoms with E-state index in [0.717, 1.165) is 0 Å². The van der Waals surface area contributed by atoms with Gasteiger partial charge >= 0.3 is 77.8 Å². The molecular weight excluding hydrogens is 229 g/mol. The first kappa shape index (κ1) is 11.2. The summed E-state index contributed by atoms with van der Waals surface area (Å²) in [4.78, 5) is 10.6. The Labute approximate surface area is 78.1 Å². The van der Waals surface area contributed by atoms with Gasteiger partial charge in [-0.05, 0) is 0 Å². The normalized spacial score (nSPS) is 15.5. The third kappa shape index (κ3) is 2.95. The third-order valence-electron chi connectivity index (χ3n) is 1.30. The zero-order valence-electron chi connectivity index (χ0n) is 6.46. The van der Waals surface area contributed by atoms with Gasteiger partial charge in [0.25, 0.3) is 0 Å². The molecule has 0 aliphatic carbocycles. The van der Waals surface area contributed by atoms with E-state index in [1.165, 1.54) is 6.92 Å². The molecule has 0 aliphatic rings. The van der Waals surface area contributed by atoms with E-state index in [2.05, 4.69) is 15.6 Å². The molecule has 0 amide bonds. The molecule has 0 aliphatic heterocycles. The number of hydrogen-bond acceptors (Lipinski definition) is 3. The number of nitrogens with two attached hydrogens (primary N) is 1. The summed E-state index contributed by atoms with van der Waals surface area (Å²) in [5, 5.41) is 8.66. The predicted octanol–water partition coefficient (Wildman–Crippen LogP) is -0.508. The van der Waals surface area contributed by atoms with E-state index >= 15 is 0 Å². The second kappa shape index (κ2) is 4.26. The van der Waals surface area contributed by atoms with Crippen molar-refractivity contribution in [2.45, 2.75) is 12.5 Å². The zero-order chi connectivity index (χ0) is 9.07. The van der Waals surface area contributed by atoms with E-state index in [4.69, 9.17) is 10.8 Å². The number of carboxylic acid groups (broad SMARTS) is 1. The fraction of sp³-hybridized carbons (Fsp3) is 0.667. The maximum atomic E-state index is 10.6. The van der Waals surface area contributed by atoms with Crippen LogP contribution >= 0.6 is 11.8 Å². The molecule has 3 N–H and O–H groups in total. The van der Waals surface area contributed by atoms with Crippen LogP contribution in [0.2, 0.25) is 0 Å². The van der Waals surface area contributed by atoms with E-state index in [9.17, 15) is 4.79 Å². The van der Waals surface area contributed by atoms with Crippen molar-refractivity contribution in [3.05, 3.63) is 0 Å². The molecule has 3 nitrogen and oxygen atoms in total. The summed E-state index contributed by atoms with van der Waals surface area (Å²) in [7, 11) is 0. The summed E-state index contributed by atoms with van der Waals surface area (Å²) < 4.78 is 0.664. The minimum atomic E-state index is -1.23. The number of carboxylic acids is 1. The van der Waals surface area contributed by atoms with Crippen molar-refractivity contribution >= 4 is 37.7 Å². The van der Waals surface area contributed by atoms with Gasteiger partial charge in [-0.25, -0.2) is 0 Å². The van der Waals surface area contributed by atoms with Crippen LogP contribution in [0.4, 0.5) is 0 Å². The quantitative estimate of drug-likeness (QED) is 0.650. The van der Waals surface area contributed by atoms with Crippen LogP contribution in [0.5, 0.6) is 0 Å². The number of carbonyl (C=O) groups is 1. The monoisotopic (exact) mass is 241 g/mol. The van der Waals surface area contributed by atoms with Crippen LogP contribution in [-0.2, 0) is 4.79 Å². The molecule has 1 atom stereocenters. The van der Waals surface area contributed by atoms with Gasteiger partial charge in [0.15, 0.2) is 0 Å². The molecule has 0 saturated heterocycles. The average molecular weight is 240 g/mol. The SMILES string of the molecule is CSCC(=[Se])C(C)(N)C(=O)O. The van der Waals surface area contributed by atoms with Gasteiger partial charge in [0.2, 0.25) is 0 Å². The van der Waals surface area contributed by atoms with E-state index in [-0.39, 0.29) is 0 Å². The maximum absolute atomic E-state index is 10.6. The first-order valence-corrected chi connectivity index (χ1v) is 5.22. The molecule has 0 aromatic heterocycles. The second-order valence-corrected chi connectivity index (χ2v) is 4.26. The van der Waals surface area contributed by atoms with Crippen LogP contribution in [0.1, 0.15) is 6.92 Å². The van der Waals surface area contributed by atoms with Crippen molar-refractivity contribution in [3.8, 4) is 0 Å². The van der Waals surface area contributed by atoms with Crippen LogP contribution in [0.3, 0.4) is 0 Å². The van der Waals surface area contributed by atoms with Crippen molar-refractivity contribution in [2.75, 3.05) is 12.0 Å². The number of hydrogen-bond donors (Lipinski definition) is 2. The molecule has 0 rings (SSSR count). The fourth-order valence-electron chi connectivity index (χ4n) is 0.400. The predicted molar refractivity (Wildman–Crippen MR) is 49.4 cm³/mol. The van der Waals surface area contributed by atoms with Crippen molar-refractivity contribution < 1.29 is 9.90 Å². The van der Waals surface area contributed by atoms with E-state index in [0.29, 0.717) is 10.2 Å². The Balaban J connectivity index is 4.30. The Bertz CT molecular complexity index is 181. The van der Waals surface area contributed by atoms with Gasteiger partial charge in [-0.15, -0.1) is 0 Å². The third-order valence-corrected chi connectivity index (χ3v) is 3.48. The molecule has 0 fully saturated rings. The number of aliphatic carboxylic acids is 1. The molecular formula is C6H11NO2SSe. The summed E-state index contributed by atoms with van der Waals surface area (Å²) in [6, 6.07) is 0. The molecule has 64 valence electrons. The Morgan fingerprint density at radius 3 is 2.55 bits per heavy atom. The van der Waals surface area contributed by atoms with Crippen molar-refractivity contribution in [2.24, 2.45) is 5.73 Å². The zero-order valence-corrected chi connectivity index (χ0v) is 8.99. The topological polar surface area (TPSA) is 63.3 Å². The van der Waals surface area contributed by atoms with Crippen molar-refractivity contribution in [1.82, 2.24) is 0 Å². The molecule has 0 bridgehead atoms. The Hall–Kier alpha value is 0.169. The van der Waals surface area contributed by atoms with Gasteiger partial charge in [0.05, 0.1) is 0 Å². The van der Waals surface area contributed by atoms with Crippen LogP contribution in [0.15, 0.2) is 0 Å². The van der Waals surface area contributed by atoms with Gasteiger partial charge in [-0.3, -0.25) is 0 Å². The van der Waals surface area contributed by atoms with Gasteiger partial charge in [0.1, 0.15) is 0 Å². The molecule has 0 saturated carbocycles. The minimum absolute atomic E-state index is 0.638. The van der Waals surface area contributed by atoms with Crippen LogP contribution in [0.25, 0.3) is 0 Å². The number of rotatable bonds is 4. The first-order chi connectivity index (χ1) is 4.92. The summed E-state index contributed by atoms with van der Waals surface area (Å²) in [5.74, 6) is -0.362. The van der Waals surface area contributed by atoms with E-state index < -0.39 is 11.5 Å². The molecule has 5 heteroatoms. The van der Waals surface area contributed by atoms with E-state index in [1.54, 1.807) is 11.8 Å². The molecule has 0 radical (unpaired) electrons. The summed E-state index contributed by atoms with van der Waals surface area (Å²) in [5.41, 5.74) is 4.27. The van der Waals surface area contributed by atoms with Crippen LogP contribution < -0.4 is 5.73 Å². The number of thioether (sulfide) groups is 1. The van der Waals surface area contributed by atoms with Gasteiger partial charge < -0.3 is 0 Å². The van der Waals surface area contributed by atoms with E-state index in [1.807, 2.05) is 6.26 Å². The molecule has 11 heavy (non-hydrogen) atoms. The summed E-state index contributed by atoms with van der Waals surface area (Å²) in [6.07, 6.45) is 1.90. The average Bonchev–Trinajstić information content (AvgIpc) is 1.88. The van der Waals surface area contributed by atoms with Crippen molar-refractivity contribution in [3.63, 3.8) is 0 Å². The first-order valence-electron chi connectivity index (χ1n) is 2.97. The summed E-state index contributed by atoms with van der Waals surface area (Å²) in [6.45, 7) is 1.48. The standard InChI is InChI=1S/C6H11NO2SSe/c1-6(7,5(8)9)4(11)3-10-2/h3,7H2,1-2H3,(H,8,9). The van der Waals surface area contributed by atoms with Crippen LogP contribution in [0, 0.1) is 0 Å². The molecule has 0 aromatic carbocycles. The van der Waals surface area contributed by atoms with Crippen molar-refractivity contribution in [1.29, 1.82) is 0 Å². The summed E-state index contributed by atoms with van der Waals surface area (Å²) >= 11 is 4.23. The molecule has 0 aromatic rings. The Morgan fingerprint density at radius 1 is 1.82 bits per heavy atom. The fourth-order valence-corrected chi connectivity index (χ4v) is 1.89. The molecule has 0 heterocycles. The molecule has 1 unspecified atom stereocenters. The van der Waals surface area contributed by atoms with Crippen LogP contribution in [-0.4, -0.2) is 48.6 Å². The van der Waals surface area contributed by atoms with Gasteiger partial charge in [0, 0.05) is 0 Å².